The summed E-state index contributed by atoms with van der Waals surface area (Å²) in [4.78, 5) is 36.5. The van der Waals surface area contributed by atoms with Crippen molar-refractivity contribution in [2.45, 2.75) is 37.7 Å². The number of carbonyl (C=O) groups excluding carboxylic acids is 1. The van der Waals surface area contributed by atoms with Crippen LogP contribution >= 0.6 is 0 Å². The average Bonchev–Trinajstić information content (AvgIpc) is 3.44. The van der Waals surface area contributed by atoms with Gasteiger partial charge in [-0.25, -0.2) is 23.5 Å². The first-order valence-electron chi connectivity index (χ1n) is 12.6. The van der Waals surface area contributed by atoms with E-state index in [1.165, 1.54) is 17.0 Å². The zero-order chi connectivity index (χ0) is 27.5. The number of halogens is 2. The van der Waals surface area contributed by atoms with Crippen LogP contribution in [0.4, 0.5) is 13.6 Å². The van der Waals surface area contributed by atoms with Gasteiger partial charge in [0, 0.05) is 30.9 Å². The van der Waals surface area contributed by atoms with Crippen LogP contribution in [0.25, 0.3) is 28.3 Å². The second-order valence-corrected chi connectivity index (χ2v) is 10.2. The number of aromatic nitrogens is 4. The number of carboxylic acid groups (broad SMARTS) is 1. The molecule has 4 heterocycles. The van der Waals surface area contributed by atoms with E-state index in [0.717, 1.165) is 5.56 Å². The fraction of sp³-hybridized carbons (Fsp3) is 0.333. The third kappa shape index (κ3) is 4.30. The SMILES string of the molecule is Cc1ccn2c(CC3CN(C(=O)O)CCO3)c(-c3c(F)cc(-c4nc(C5(C(N)=O)CC5)c[nH]4)cc3F)nc2c1. The van der Waals surface area contributed by atoms with Gasteiger partial charge in [-0.15, -0.1) is 0 Å². The lowest BCUT2D eigenvalue weighted by atomic mass is 10.0. The lowest BCUT2D eigenvalue weighted by molar-refractivity contribution is -0.120. The van der Waals surface area contributed by atoms with Gasteiger partial charge in [-0.3, -0.25) is 4.79 Å². The summed E-state index contributed by atoms with van der Waals surface area (Å²) < 4.78 is 38.9. The van der Waals surface area contributed by atoms with Gasteiger partial charge in [0.25, 0.3) is 0 Å². The summed E-state index contributed by atoms with van der Waals surface area (Å²) in [6.45, 7) is 2.50. The molecule has 0 bridgehead atoms. The normalized spacial score (nSPS) is 18.4. The molecule has 0 spiro atoms. The molecule has 3 aromatic heterocycles. The van der Waals surface area contributed by atoms with Crippen molar-refractivity contribution in [2.75, 3.05) is 19.7 Å². The number of aryl methyl sites for hydroxylation is 1. The molecule has 1 aromatic carbocycles. The fourth-order valence-electron chi connectivity index (χ4n) is 5.23. The number of amides is 2. The Balaban J connectivity index is 1.39. The molecule has 10 nitrogen and oxygen atoms in total. The van der Waals surface area contributed by atoms with E-state index in [1.54, 1.807) is 22.9 Å². The monoisotopic (exact) mass is 536 g/mol. The van der Waals surface area contributed by atoms with Gasteiger partial charge in [-0.1, -0.05) is 0 Å². The van der Waals surface area contributed by atoms with Gasteiger partial charge in [0.1, 0.15) is 23.1 Å². The van der Waals surface area contributed by atoms with Gasteiger partial charge >= 0.3 is 6.09 Å². The van der Waals surface area contributed by atoms with E-state index in [1.807, 2.05) is 13.0 Å². The highest BCUT2D eigenvalue weighted by Crippen LogP contribution is 2.47. The Bertz CT molecular complexity index is 1600. The molecule has 1 unspecified atom stereocenters. The molecular formula is C27H26F2N6O4. The predicted molar refractivity (Wildman–Crippen MR) is 136 cm³/mol. The minimum atomic E-state index is -1.05. The molecule has 1 aliphatic heterocycles. The number of carbonyl (C=O) groups is 2. The number of morpholine rings is 1. The topological polar surface area (TPSA) is 139 Å². The molecule has 1 saturated carbocycles. The van der Waals surface area contributed by atoms with E-state index < -0.39 is 35.2 Å². The second kappa shape index (κ2) is 9.16. The lowest BCUT2D eigenvalue weighted by Gasteiger charge is -2.31. The molecule has 6 rings (SSSR count). The van der Waals surface area contributed by atoms with Crippen LogP contribution in [-0.4, -0.2) is 67.2 Å². The summed E-state index contributed by atoms with van der Waals surface area (Å²) in [5.74, 6) is -1.93. The van der Waals surface area contributed by atoms with Gasteiger partial charge in [0.2, 0.25) is 5.91 Å². The number of aromatic amines is 1. The number of H-pyrrole nitrogens is 1. The molecular weight excluding hydrogens is 510 g/mol. The highest BCUT2D eigenvalue weighted by Gasteiger charge is 2.52. The number of benzene rings is 1. The van der Waals surface area contributed by atoms with E-state index in [2.05, 4.69) is 15.0 Å². The highest BCUT2D eigenvalue weighted by atomic mass is 19.1. The number of rotatable bonds is 6. The summed E-state index contributed by atoms with van der Waals surface area (Å²) in [5, 5.41) is 9.41. The van der Waals surface area contributed by atoms with Crippen LogP contribution in [0.1, 0.15) is 29.8 Å². The number of primary amides is 1. The Morgan fingerprint density at radius 2 is 1.97 bits per heavy atom. The number of ether oxygens (including phenoxy) is 1. The Morgan fingerprint density at radius 1 is 1.23 bits per heavy atom. The van der Waals surface area contributed by atoms with Crippen LogP contribution in [0.15, 0.2) is 36.7 Å². The smallest absolute Gasteiger partial charge is 0.407 e. The molecule has 1 atom stereocenters. The Morgan fingerprint density at radius 3 is 2.64 bits per heavy atom. The number of nitrogens with one attached hydrogen (secondary N) is 1. The first kappa shape index (κ1) is 25.0. The maximum absolute atomic E-state index is 15.7. The van der Waals surface area contributed by atoms with Crippen molar-refractivity contribution in [3.8, 4) is 22.6 Å². The van der Waals surface area contributed by atoms with Crippen LogP contribution < -0.4 is 5.73 Å². The summed E-state index contributed by atoms with van der Waals surface area (Å²) in [6, 6.07) is 6.01. The van der Waals surface area contributed by atoms with Gasteiger partial charge < -0.3 is 29.9 Å². The van der Waals surface area contributed by atoms with Crippen molar-refractivity contribution >= 4 is 17.6 Å². The van der Waals surface area contributed by atoms with Crippen LogP contribution in [-0.2, 0) is 21.4 Å². The van der Waals surface area contributed by atoms with E-state index in [9.17, 15) is 14.7 Å². The number of hydrogen-bond donors (Lipinski definition) is 3. The number of hydrogen-bond acceptors (Lipinski definition) is 5. The summed E-state index contributed by atoms with van der Waals surface area (Å²) in [5.41, 5.74) is 7.08. The number of imidazole rings is 2. The third-order valence-electron chi connectivity index (χ3n) is 7.55. The third-order valence-corrected chi connectivity index (χ3v) is 7.55. The highest BCUT2D eigenvalue weighted by molar-refractivity contribution is 5.89. The van der Waals surface area contributed by atoms with Crippen molar-refractivity contribution in [1.82, 2.24) is 24.3 Å². The molecule has 39 heavy (non-hydrogen) atoms. The molecule has 202 valence electrons. The predicted octanol–water partition coefficient (Wildman–Crippen LogP) is 3.42. The Hall–Kier alpha value is -4.32. The molecule has 2 amide bonds. The van der Waals surface area contributed by atoms with Gasteiger partial charge in [-0.2, -0.15) is 0 Å². The van der Waals surface area contributed by atoms with Gasteiger partial charge in [-0.05, 0) is 49.6 Å². The van der Waals surface area contributed by atoms with Crippen molar-refractivity contribution in [2.24, 2.45) is 5.73 Å². The Labute approximate surface area is 221 Å². The Kier molecular flexibility index (Phi) is 5.87. The zero-order valence-corrected chi connectivity index (χ0v) is 21.1. The molecule has 4 aromatic rings. The van der Waals surface area contributed by atoms with Gasteiger partial charge in [0.15, 0.2) is 0 Å². The van der Waals surface area contributed by atoms with Crippen LogP contribution in [0, 0.1) is 18.6 Å². The van der Waals surface area contributed by atoms with E-state index in [0.29, 0.717) is 29.9 Å². The first-order chi connectivity index (χ1) is 18.7. The standard InChI is InChI=1S/C27H26F2N6O4/c1-14-2-5-35-19(11-16-13-34(26(37)38)6-7-39-16)23(33-21(35)8-14)22-17(28)9-15(10-18(22)29)24-31-12-20(32-24)27(3-4-27)25(30)36/h2,5,8-10,12,16H,3-4,6-7,11,13H2,1H3,(H2,30,36)(H,31,32)(H,37,38). The lowest BCUT2D eigenvalue weighted by Crippen LogP contribution is -2.45. The number of fused-ring (bicyclic) bond motifs is 1. The molecule has 2 aliphatic rings. The molecule has 0 radical (unpaired) electrons. The molecule has 4 N–H and O–H groups in total. The molecule has 1 saturated heterocycles. The number of nitrogens with zero attached hydrogens (tertiary/aromatic N) is 4. The quantitative estimate of drug-likeness (QED) is 0.345. The van der Waals surface area contributed by atoms with Crippen LogP contribution in [0.5, 0.6) is 0 Å². The van der Waals surface area contributed by atoms with Crippen molar-refractivity contribution in [3.63, 3.8) is 0 Å². The minimum absolute atomic E-state index is 0.115. The van der Waals surface area contributed by atoms with Crippen molar-refractivity contribution < 1.29 is 28.2 Å². The fourth-order valence-corrected chi connectivity index (χ4v) is 5.23. The average molecular weight is 537 g/mol. The maximum atomic E-state index is 15.7. The molecule has 2 fully saturated rings. The van der Waals surface area contributed by atoms with Crippen molar-refractivity contribution in [1.29, 1.82) is 0 Å². The van der Waals surface area contributed by atoms with Crippen LogP contribution in [0.2, 0.25) is 0 Å². The molecule has 12 heteroatoms. The molecule has 1 aliphatic carbocycles. The number of nitrogens with two attached hydrogens (primary N) is 1. The van der Waals surface area contributed by atoms with Crippen molar-refractivity contribution in [3.05, 3.63) is 65.2 Å². The maximum Gasteiger partial charge on any atom is 0.407 e. The van der Waals surface area contributed by atoms with E-state index >= 15 is 8.78 Å². The van der Waals surface area contributed by atoms with E-state index in [4.69, 9.17) is 10.5 Å². The van der Waals surface area contributed by atoms with Crippen LogP contribution in [0.3, 0.4) is 0 Å². The second-order valence-electron chi connectivity index (χ2n) is 10.2. The summed E-state index contributed by atoms with van der Waals surface area (Å²) in [7, 11) is 0. The number of pyridine rings is 1. The van der Waals surface area contributed by atoms with Gasteiger partial charge in [0.05, 0.1) is 47.3 Å². The first-order valence-corrected chi connectivity index (χ1v) is 12.6. The zero-order valence-electron chi connectivity index (χ0n) is 21.1. The largest absolute Gasteiger partial charge is 0.465 e. The summed E-state index contributed by atoms with van der Waals surface area (Å²) >= 11 is 0. The summed E-state index contributed by atoms with van der Waals surface area (Å²) in [6.07, 6.45) is 3.12. The minimum Gasteiger partial charge on any atom is -0.465 e. The van der Waals surface area contributed by atoms with E-state index in [-0.39, 0.29) is 48.8 Å².